The molecule has 0 saturated carbocycles. The van der Waals surface area contributed by atoms with Crippen LogP contribution in [-0.2, 0) is 10.0 Å². The second kappa shape index (κ2) is 7.06. The van der Waals surface area contributed by atoms with E-state index in [9.17, 15) is 13.2 Å². The van der Waals surface area contributed by atoms with Gasteiger partial charge in [0.05, 0.1) is 20.6 Å². The summed E-state index contributed by atoms with van der Waals surface area (Å²) < 4.78 is 22.9. The van der Waals surface area contributed by atoms with E-state index in [1.807, 2.05) is 0 Å². The standard InChI is InChI=1S/C13H10BrCl2N3O3S/c14-9-6-8(23(17,21)22)2-4-12(9)19-13(20)18-7-1-3-10(15)11(16)5-7/h1-6H,(H2,17,21,22)(H2,18,19,20). The molecule has 2 aromatic rings. The maximum Gasteiger partial charge on any atom is 0.323 e. The van der Waals surface area contributed by atoms with E-state index in [4.69, 9.17) is 28.3 Å². The van der Waals surface area contributed by atoms with Crippen molar-refractivity contribution in [3.63, 3.8) is 0 Å². The van der Waals surface area contributed by atoms with Crippen molar-refractivity contribution in [2.24, 2.45) is 5.14 Å². The van der Waals surface area contributed by atoms with Gasteiger partial charge in [0.2, 0.25) is 10.0 Å². The van der Waals surface area contributed by atoms with Crippen LogP contribution in [0.5, 0.6) is 0 Å². The van der Waals surface area contributed by atoms with Crippen molar-refractivity contribution in [1.29, 1.82) is 0 Å². The molecule has 10 heteroatoms. The highest BCUT2D eigenvalue weighted by atomic mass is 79.9. The zero-order valence-electron chi connectivity index (χ0n) is 11.3. The predicted octanol–water partition coefficient (Wildman–Crippen LogP) is 4.05. The number of amides is 2. The quantitative estimate of drug-likeness (QED) is 0.673. The summed E-state index contributed by atoms with van der Waals surface area (Å²) in [5.74, 6) is 0. The molecule has 0 radical (unpaired) electrons. The largest absolute Gasteiger partial charge is 0.323 e. The molecule has 2 amide bonds. The van der Waals surface area contributed by atoms with E-state index in [0.717, 1.165) is 0 Å². The Labute approximate surface area is 151 Å². The molecule has 2 rings (SSSR count). The number of hydrogen-bond donors (Lipinski definition) is 3. The highest BCUT2D eigenvalue weighted by Gasteiger charge is 2.12. The number of halogens is 3. The highest BCUT2D eigenvalue weighted by molar-refractivity contribution is 9.10. The second-order valence-corrected chi connectivity index (χ2v) is 7.62. The van der Waals surface area contributed by atoms with Crippen molar-refractivity contribution in [2.75, 3.05) is 10.6 Å². The lowest BCUT2D eigenvalue weighted by atomic mass is 10.3. The molecule has 4 N–H and O–H groups in total. The van der Waals surface area contributed by atoms with Gasteiger partial charge in [0.1, 0.15) is 0 Å². The lowest BCUT2D eigenvalue weighted by Crippen LogP contribution is -2.20. The molecule has 122 valence electrons. The number of carbonyl (C=O) groups is 1. The van der Waals surface area contributed by atoms with Crippen molar-refractivity contribution in [3.05, 3.63) is 50.9 Å². The fourth-order valence-electron chi connectivity index (χ4n) is 1.63. The summed E-state index contributed by atoms with van der Waals surface area (Å²) in [6, 6.07) is 8.11. The van der Waals surface area contributed by atoms with E-state index in [1.54, 1.807) is 12.1 Å². The zero-order chi connectivity index (χ0) is 17.2. The van der Waals surface area contributed by atoms with E-state index in [0.29, 0.717) is 25.9 Å². The molecule has 0 fully saturated rings. The fraction of sp³-hybridized carbons (Fsp3) is 0. The van der Waals surface area contributed by atoms with Gasteiger partial charge in [0.15, 0.2) is 0 Å². The van der Waals surface area contributed by atoms with Gasteiger partial charge in [-0.25, -0.2) is 18.4 Å². The fourth-order valence-corrected chi connectivity index (χ4v) is 3.10. The van der Waals surface area contributed by atoms with Gasteiger partial charge >= 0.3 is 6.03 Å². The molecule has 2 aromatic carbocycles. The number of hydrogen-bond acceptors (Lipinski definition) is 3. The molecule has 0 aliphatic heterocycles. The summed E-state index contributed by atoms with van der Waals surface area (Å²) in [6.45, 7) is 0. The maximum absolute atomic E-state index is 12.0. The Morgan fingerprint density at radius 1 is 1.04 bits per heavy atom. The number of primary sulfonamides is 1. The number of nitrogens with one attached hydrogen (secondary N) is 2. The Kier molecular flexibility index (Phi) is 5.53. The first-order valence-corrected chi connectivity index (χ1v) is 9.12. The molecule has 0 saturated heterocycles. The SMILES string of the molecule is NS(=O)(=O)c1ccc(NC(=O)Nc2ccc(Cl)c(Cl)c2)c(Br)c1. The minimum Gasteiger partial charge on any atom is -0.308 e. The van der Waals surface area contributed by atoms with Gasteiger partial charge in [-0.1, -0.05) is 23.2 Å². The number of benzene rings is 2. The summed E-state index contributed by atoms with van der Waals surface area (Å²) in [5, 5.41) is 10.9. The van der Waals surface area contributed by atoms with Gasteiger partial charge in [-0.2, -0.15) is 0 Å². The number of urea groups is 1. The van der Waals surface area contributed by atoms with Crippen LogP contribution in [0.1, 0.15) is 0 Å². The Balaban J connectivity index is 2.12. The normalized spacial score (nSPS) is 11.1. The second-order valence-electron chi connectivity index (χ2n) is 4.39. The third-order valence-corrected chi connectivity index (χ3v) is 5.00. The lowest BCUT2D eigenvalue weighted by molar-refractivity contribution is 0.262. The highest BCUT2D eigenvalue weighted by Crippen LogP contribution is 2.27. The number of rotatable bonds is 3. The first kappa shape index (κ1) is 18.0. The molecular formula is C13H10BrCl2N3O3S. The van der Waals surface area contributed by atoms with Crippen molar-refractivity contribution in [2.45, 2.75) is 4.90 Å². The van der Waals surface area contributed by atoms with Crippen LogP contribution in [0.3, 0.4) is 0 Å². The molecule has 0 aliphatic carbocycles. The number of carbonyl (C=O) groups excluding carboxylic acids is 1. The first-order chi connectivity index (χ1) is 10.7. The van der Waals surface area contributed by atoms with Gasteiger partial charge in [-0.05, 0) is 52.3 Å². The van der Waals surface area contributed by atoms with E-state index < -0.39 is 16.1 Å². The predicted molar refractivity (Wildman–Crippen MR) is 94.6 cm³/mol. The van der Waals surface area contributed by atoms with Crippen LogP contribution < -0.4 is 15.8 Å². The molecule has 6 nitrogen and oxygen atoms in total. The smallest absolute Gasteiger partial charge is 0.308 e. The number of anilines is 2. The van der Waals surface area contributed by atoms with E-state index in [-0.39, 0.29) is 4.90 Å². The third kappa shape index (κ3) is 4.82. The summed E-state index contributed by atoms with van der Waals surface area (Å²) in [7, 11) is -3.81. The molecule has 23 heavy (non-hydrogen) atoms. The van der Waals surface area contributed by atoms with Crippen molar-refractivity contribution in [3.8, 4) is 0 Å². The Hall–Kier alpha value is -1.32. The zero-order valence-corrected chi connectivity index (χ0v) is 15.2. The van der Waals surface area contributed by atoms with Crippen LogP contribution in [0.2, 0.25) is 10.0 Å². The first-order valence-electron chi connectivity index (χ1n) is 6.02. The molecule has 0 aromatic heterocycles. The van der Waals surface area contributed by atoms with E-state index in [1.165, 1.54) is 24.3 Å². The number of nitrogens with two attached hydrogens (primary N) is 1. The van der Waals surface area contributed by atoms with Crippen molar-refractivity contribution >= 4 is 66.6 Å². The number of sulfonamides is 1. The van der Waals surface area contributed by atoms with E-state index >= 15 is 0 Å². The molecule has 0 atom stereocenters. The molecular weight excluding hydrogens is 429 g/mol. The van der Waals surface area contributed by atoms with Gasteiger partial charge in [0.25, 0.3) is 0 Å². The van der Waals surface area contributed by atoms with Crippen LogP contribution >= 0.6 is 39.1 Å². The Morgan fingerprint density at radius 2 is 1.74 bits per heavy atom. The van der Waals surface area contributed by atoms with Gasteiger partial charge in [-0.3, -0.25) is 0 Å². The van der Waals surface area contributed by atoms with Gasteiger partial charge in [0, 0.05) is 10.2 Å². The average Bonchev–Trinajstić information content (AvgIpc) is 2.44. The van der Waals surface area contributed by atoms with Crippen molar-refractivity contribution in [1.82, 2.24) is 0 Å². The summed E-state index contributed by atoms with van der Waals surface area (Å²) in [6.07, 6.45) is 0. The molecule has 0 spiro atoms. The monoisotopic (exact) mass is 437 g/mol. The minimum absolute atomic E-state index is 0.0696. The summed E-state index contributed by atoms with van der Waals surface area (Å²) >= 11 is 14.8. The third-order valence-electron chi connectivity index (χ3n) is 2.69. The van der Waals surface area contributed by atoms with E-state index in [2.05, 4.69) is 26.6 Å². The average molecular weight is 439 g/mol. The van der Waals surface area contributed by atoms with Crippen LogP contribution in [0.15, 0.2) is 45.8 Å². The minimum atomic E-state index is -3.81. The Bertz CT molecular complexity index is 875. The summed E-state index contributed by atoms with van der Waals surface area (Å²) in [4.78, 5) is 11.9. The van der Waals surface area contributed by atoms with Crippen LogP contribution in [0, 0.1) is 0 Å². The molecule has 0 aliphatic rings. The van der Waals surface area contributed by atoms with Gasteiger partial charge in [-0.15, -0.1) is 0 Å². The summed E-state index contributed by atoms with van der Waals surface area (Å²) in [5.41, 5.74) is 0.823. The van der Waals surface area contributed by atoms with Crippen LogP contribution in [-0.4, -0.2) is 14.4 Å². The maximum atomic E-state index is 12.0. The van der Waals surface area contributed by atoms with Gasteiger partial charge < -0.3 is 10.6 Å². The molecule has 0 heterocycles. The molecule has 0 bridgehead atoms. The Morgan fingerprint density at radius 3 is 2.30 bits per heavy atom. The molecule has 0 unspecified atom stereocenters. The van der Waals surface area contributed by atoms with Crippen LogP contribution in [0.4, 0.5) is 16.2 Å². The van der Waals surface area contributed by atoms with Crippen molar-refractivity contribution < 1.29 is 13.2 Å². The topological polar surface area (TPSA) is 101 Å². The van der Waals surface area contributed by atoms with Crippen LogP contribution in [0.25, 0.3) is 0 Å². The lowest BCUT2D eigenvalue weighted by Gasteiger charge is -2.10.